The molecule has 0 aromatic heterocycles. The molecular formula is C17H24ClNO3. The van der Waals surface area contributed by atoms with Gasteiger partial charge in [0.15, 0.2) is 0 Å². The molecular weight excluding hydrogens is 302 g/mol. The van der Waals surface area contributed by atoms with Crippen molar-refractivity contribution >= 4 is 11.6 Å². The average molecular weight is 326 g/mol. The first-order chi connectivity index (χ1) is 10.8. The van der Waals surface area contributed by atoms with Crippen molar-refractivity contribution in [2.75, 3.05) is 52.7 Å². The molecule has 1 aromatic carbocycles. The fraction of sp³-hybridized carbons (Fsp3) is 0.529. The van der Waals surface area contributed by atoms with Crippen molar-refractivity contribution in [3.05, 3.63) is 41.4 Å². The van der Waals surface area contributed by atoms with E-state index in [0.29, 0.717) is 24.8 Å². The van der Waals surface area contributed by atoms with Crippen LogP contribution < -0.4 is 4.74 Å². The maximum Gasteiger partial charge on any atom is 0.141 e. The Balaban J connectivity index is 1.65. The monoisotopic (exact) mass is 325 g/mol. The van der Waals surface area contributed by atoms with Crippen LogP contribution in [-0.4, -0.2) is 57.6 Å². The normalized spacial score (nSPS) is 15.7. The zero-order chi connectivity index (χ0) is 15.6. The Morgan fingerprint density at radius 3 is 2.82 bits per heavy atom. The van der Waals surface area contributed by atoms with Gasteiger partial charge >= 0.3 is 0 Å². The van der Waals surface area contributed by atoms with E-state index in [0.717, 1.165) is 50.6 Å². The molecule has 5 heteroatoms. The van der Waals surface area contributed by atoms with Gasteiger partial charge < -0.3 is 14.2 Å². The van der Waals surface area contributed by atoms with E-state index >= 15 is 0 Å². The molecule has 1 saturated heterocycles. The Morgan fingerprint density at radius 1 is 1.23 bits per heavy atom. The second kappa shape index (κ2) is 9.85. The molecule has 1 fully saturated rings. The van der Waals surface area contributed by atoms with Crippen LogP contribution in [-0.2, 0) is 15.9 Å². The zero-order valence-corrected chi connectivity index (χ0v) is 13.7. The summed E-state index contributed by atoms with van der Waals surface area (Å²) in [5.41, 5.74) is 1.05. The van der Waals surface area contributed by atoms with Crippen molar-refractivity contribution in [3.8, 4) is 5.75 Å². The molecule has 2 rings (SSSR count). The van der Waals surface area contributed by atoms with Crippen LogP contribution in [0, 0.1) is 0 Å². The summed E-state index contributed by atoms with van der Waals surface area (Å²) in [6.45, 7) is 10.1. The molecule has 0 N–H and O–H groups in total. The Kier molecular flexibility index (Phi) is 7.74. The summed E-state index contributed by atoms with van der Waals surface area (Å²) in [4.78, 5) is 2.35. The van der Waals surface area contributed by atoms with Crippen molar-refractivity contribution in [2.24, 2.45) is 0 Å². The molecule has 0 amide bonds. The van der Waals surface area contributed by atoms with E-state index in [2.05, 4.69) is 11.5 Å². The summed E-state index contributed by atoms with van der Waals surface area (Å²) < 4.78 is 16.7. The number of allylic oxidation sites excluding steroid dienone is 1. The third-order valence-electron chi connectivity index (χ3n) is 3.54. The molecule has 0 unspecified atom stereocenters. The SMILES string of the molecule is C=CCc1cccc(Cl)c1OCCOCCN1CCOCC1. The Morgan fingerprint density at radius 2 is 2.05 bits per heavy atom. The highest BCUT2D eigenvalue weighted by Gasteiger charge is 2.10. The van der Waals surface area contributed by atoms with Crippen molar-refractivity contribution in [1.29, 1.82) is 0 Å². The molecule has 0 saturated carbocycles. The predicted octanol–water partition coefficient (Wildman–Crippen LogP) is 2.80. The van der Waals surface area contributed by atoms with Gasteiger partial charge in [-0.15, -0.1) is 6.58 Å². The molecule has 122 valence electrons. The lowest BCUT2D eigenvalue weighted by Crippen LogP contribution is -2.38. The third-order valence-corrected chi connectivity index (χ3v) is 3.84. The molecule has 1 aliphatic rings. The summed E-state index contributed by atoms with van der Waals surface area (Å²) in [6, 6.07) is 5.76. The summed E-state index contributed by atoms with van der Waals surface area (Å²) in [7, 11) is 0. The minimum Gasteiger partial charge on any atom is -0.489 e. The lowest BCUT2D eigenvalue weighted by molar-refractivity contribution is 0.0170. The van der Waals surface area contributed by atoms with Crippen LogP contribution in [0.3, 0.4) is 0 Å². The Labute approximate surface area is 137 Å². The summed E-state index contributed by atoms with van der Waals surface area (Å²) in [6.07, 6.45) is 2.59. The highest BCUT2D eigenvalue weighted by atomic mass is 35.5. The fourth-order valence-corrected chi connectivity index (χ4v) is 2.60. The molecule has 1 aromatic rings. The van der Waals surface area contributed by atoms with Crippen LogP contribution in [0.2, 0.25) is 5.02 Å². The molecule has 1 heterocycles. The highest BCUT2D eigenvalue weighted by molar-refractivity contribution is 6.32. The first kappa shape index (κ1) is 17.3. The van der Waals surface area contributed by atoms with Crippen LogP contribution in [0.1, 0.15) is 5.56 Å². The topological polar surface area (TPSA) is 30.9 Å². The van der Waals surface area contributed by atoms with Crippen LogP contribution in [0.5, 0.6) is 5.75 Å². The van der Waals surface area contributed by atoms with E-state index in [9.17, 15) is 0 Å². The van der Waals surface area contributed by atoms with Gasteiger partial charge in [-0.25, -0.2) is 0 Å². The zero-order valence-electron chi connectivity index (χ0n) is 12.9. The lowest BCUT2D eigenvalue weighted by atomic mass is 10.1. The van der Waals surface area contributed by atoms with Crippen LogP contribution in [0.25, 0.3) is 0 Å². The molecule has 1 aliphatic heterocycles. The molecule has 4 nitrogen and oxygen atoms in total. The molecule has 22 heavy (non-hydrogen) atoms. The van der Waals surface area contributed by atoms with E-state index in [4.69, 9.17) is 25.8 Å². The first-order valence-corrected chi connectivity index (χ1v) is 8.08. The Hall–Kier alpha value is -1.07. The van der Waals surface area contributed by atoms with Crippen LogP contribution >= 0.6 is 11.6 Å². The van der Waals surface area contributed by atoms with Crippen LogP contribution in [0.15, 0.2) is 30.9 Å². The van der Waals surface area contributed by atoms with E-state index in [1.54, 1.807) is 0 Å². The number of hydrogen-bond acceptors (Lipinski definition) is 4. The Bertz CT molecular complexity index is 461. The largest absolute Gasteiger partial charge is 0.489 e. The number of hydrogen-bond donors (Lipinski definition) is 0. The van der Waals surface area contributed by atoms with Gasteiger partial charge in [0.05, 0.1) is 31.5 Å². The smallest absolute Gasteiger partial charge is 0.141 e. The average Bonchev–Trinajstić information content (AvgIpc) is 2.54. The number of morpholine rings is 1. The molecule has 0 atom stereocenters. The van der Waals surface area contributed by atoms with Gasteiger partial charge in [-0.3, -0.25) is 4.90 Å². The van der Waals surface area contributed by atoms with Gasteiger partial charge in [0.25, 0.3) is 0 Å². The standard InChI is InChI=1S/C17H24ClNO3/c1-2-4-15-5-3-6-16(18)17(15)22-14-13-21-12-9-19-7-10-20-11-8-19/h2-3,5-6H,1,4,7-14H2. The maximum atomic E-state index is 6.19. The number of halogens is 1. The lowest BCUT2D eigenvalue weighted by Gasteiger charge is -2.26. The van der Waals surface area contributed by atoms with Gasteiger partial charge in [-0.1, -0.05) is 29.8 Å². The van der Waals surface area contributed by atoms with E-state index in [1.807, 2.05) is 24.3 Å². The van der Waals surface area contributed by atoms with Gasteiger partial charge in [0, 0.05) is 19.6 Å². The minimum atomic E-state index is 0.497. The maximum absolute atomic E-state index is 6.19. The molecule has 0 radical (unpaired) electrons. The number of para-hydroxylation sites is 1. The number of benzene rings is 1. The highest BCUT2D eigenvalue weighted by Crippen LogP contribution is 2.29. The fourth-order valence-electron chi connectivity index (χ4n) is 2.35. The number of rotatable bonds is 9. The molecule has 0 spiro atoms. The first-order valence-electron chi connectivity index (χ1n) is 7.70. The molecule has 0 aliphatic carbocycles. The second-order valence-electron chi connectivity index (χ2n) is 5.14. The van der Waals surface area contributed by atoms with Crippen LogP contribution in [0.4, 0.5) is 0 Å². The van der Waals surface area contributed by atoms with Gasteiger partial charge in [0.2, 0.25) is 0 Å². The third kappa shape index (κ3) is 5.61. The van der Waals surface area contributed by atoms with Crippen molar-refractivity contribution in [3.63, 3.8) is 0 Å². The van der Waals surface area contributed by atoms with Crippen molar-refractivity contribution < 1.29 is 14.2 Å². The number of ether oxygens (including phenoxy) is 3. The van der Waals surface area contributed by atoms with Gasteiger partial charge in [-0.2, -0.15) is 0 Å². The molecule has 0 bridgehead atoms. The van der Waals surface area contributed by atoms with Crippen molar-refractivity contribution in [2.45, 2.75) is 6.42 Å². The van der Waals surface area contributed by atoms with Gasteiger partial charge in [-0.05, 0) is 18.1 Å². The van der Waals surface area contributed by atoms with E-state index in [-0.39, 0.29) is 0 Å². The second-order valence-corrected chi connectivity index (χ2v) is 5.54. The summed E-state index contributed by atoms with van der Waals surface area (Å²) >= 11 is 6.19. The minimum absolute atomic E-state index is 0.497. The predicted molar refractivity (Wildman–Crippen MR) is 88.9 cm³/mol. The van der Waals surface area contributed by atoms with Gasteiger partial charge in [0.1, 0.15) is 12.4 Å². The van der Waals surface area contributed by atoms with Crippen molar-refractivity contribution in [1.82, 2.24) is 4.90 Å². The van der Waals surface area contributed by atoms with E-state index in [1.165, 1.54) is 0 Å². The van der Waals surface area contributed by atoms with E-state index < -0.39 is 0 Å². The summed E-state index contributed by atoms with van der Waals surface area (Å²) in [5.74, 6) is 0.737. The summed E-state index contributed by atoms with van der Waals surface area (Å²) in [5, 5.41) is 0.632. The quantitative estimate of drug-likeness (QED) is 0.516. The number of nitrogens with zero attached hydrogens (tertiary/aromatic N) is 1.